The van der Waals surface area contributed by atoms with Crippen LogP contribution in [0.25, 0.3) is 0 Å². The topological polar surface area (TPSA) is 75.2 Å². The van der Waals surface area contributed by atoms with Crippen molar-refractivity contribution in [1.29, 1.82) is 0 Å². The van der Waals surface area contributed by atoms with Gasteiger partial charge in [0.25, 0.3) is 0 Å². The van der Waals surface area contributed by atoms with Crippen molar-refractivity contribution in [3.8, 4) is 23.0 Å². The van der Waals surface area contributed by atoms with Gasteiger partial charge in [0.15, 0.2) is 0 Å². The number of ether oxygens (including phenoxy) is 5. The van der Waals surface area contributed by atoms with Gasteiger partial charge in [-0.25, -0.2) is 9.97 Å². The molecule has 176 valence electrons. The molecule has 0 radical (unpaired) electrons. The number of hydrogen-bond donors (Lipinski definition) is 0. The Morgan fingerprint density at radius 3 is 1.61 bits per heavy atom. The van der Waals surface area contributed by atoms with Gasteiger partial charge >= 0.3 is 0 Å². The van der Waals surface area contributed by atoms with Crippen molar-refractivity contribution >= 4 is 5.95 Å². The summed E-state index contributed by atoms with van der Waals surface area (Å²) in [6.45, 7) is 2.99. The van der Waals surface area contributed by atoms with Gasteiger partial charge in [-0.1, -0.05) is 0 Å². The Bertz CT molecular complexity index is 985. The normalized spacial score (nSPS) is 11.6. The van der Waals surface area contributed by atoms with Crippen LogP contribution in [0.1, 0.15) is 29.7 Å². The first-order chi connectivity index (χ1) is 16.0. The smallest absolute Gasteiger partial charge is 0.225 e. The molecule has 0 bridgehead atoms. The SMILES string of the molecule is COc1ccc(CN(Cc2ccc(OC)cc2OC)c2ncc(C(C)OC)cn2)c(OC)c1. The third-order valence-electron chi connectivity index (χ3n) is 5.47. The average Bonchev–Trinajstić information content (AvgIpc) is 2.88. The Morgan fingerprint density at radius 1 is 0.727 bits per heavy atom. The highest BCUT2D eigenvalue weighted by atomic mass is 16.5. The molecule has 1 aromatic heterocycles. The number of rotatable bonds is 11. The van der Waals surface area contributed by atoms with E-state index in [1.54, 1.807) is 47.9 Å². The molecule has 0 N–H and O–H groups in total. The van der Waals surface area contributed by atoms with E-state index in [9.17, 15) is 0 Å². The predicted molar refractivity (Wildman–Crippen MR) is 126 cm³/mol. The Kier molecular flexibility index (Phi) is 8.32. The largest absolute Gasteiger partial charge is 0.497 e. The second kappa shape index (κ2) is 11.4. The minimum absolute atomic E-state index is 0.0872. The fourth-order valence-corrected chi connectivity index (χ4v) is 3.41. The van der Waals surface area contributed by atoms with Gasteiger partial charge in [0.1, 0.15) is 23.0 Å². The molecule has 0 saturated carbocycles. The zero-order valence-corrected chi connectivity index (χ0v) is 20.0. The van der Waals surface area contributed by atoms with Crippen LogP contribution in [-0.4, -0.2) is 45.5 Å². The van der Waals surface area contributed by atoms with E-state index < -0.39 is 0 Å². The lowest BCUT2D eigenvalue weighted by molar-refractivity contribution is 0.119. The van der Waals surface area contributed by atoms with Crippen LogP contribution in [0.15, 0.2) is 48.8 Å². The number of aromatic nitrogens is 2. The summed E-state index contributed by atoms with van der Waals surface area (Å²) in [5.41, 5.74) is 2.86. The number of nitrogens with zero attached hydrogens (tertiary/aromatic N) is 3. The molecular formula is C25H31N3O5. The van der Waals surface area contributed by atoms with E-state index in [0.717, 1.165) is 39.7 Å². The molecule has 0 aliphatic rings. The van der Waals surface area contributed by atoms with Gasteiger partial charge in [0.05, 0.1) is 34.5 Å². The van der Waals surface area contributed by atoms with E-state index in [2.05, 4.69) is 14.9 Å². The van der Waals surface area contributed by atoms with Gasteiger partial charge in [-0.15, -0.1) is 0 Å². The Balaban J connectivity index is 1.98. The van der Waals surface area contributed by atoms with Crippen LogP contribution in [-0.2, 0) is 17.8 Å². The first-order valence-electron chi connectivity index (χ1n) is 10.5. The van der Waals surface area contributed by atoms with Gasteiger partial charge in [0.2, 0.25) is 5.95 Å². The zero-order chi connectivity index (χ0) is 23.8. The van der Waals surface area contributed by atoms with E-state index in [1.165, 1.54) is 0 Å². The van der Waals surface area contributed by atoms with Crippen molar-refractivity contribution in [2.75, 3.05) is 40.4 Å². The van der Waals surface area contributed by atoms with E-state index in [0.29, 0.717) is 19.0 Å². The zero-order valence-electron chi connectivity index (χ0n) is 20.0. The summed E-state index contributed by atoms with van der Waals surface area (Å²) in [4.78, 5) is 11.3. The Hall–Kier alpha value is -3.52. The highest BCUT2D eigenvalue weighted by Gasteiger charge is 2.18. The first kappa shape index (κ1) is 24.1. The summed E-state index contributed by atoms with van der Waals surface area (Å²) in [6, 6.07) is 11.5. The molecule has 0 amide bonds. The van der Waals surface area contributed by atoms with E-state index in [-0.39, 0.29) is 6.10 Å². The number of methoxy groups -OCH3 is 5. The molecule has 0 spiro atoms. The molecule has 1 unspecified atom stereocenters. The van der Waals surface area contributed by atoms with Crippen LogP contribution >= 0.6 is 0 Å². The standard InChI is InChI=1S/C25H31N3O5/c1-17(29-2)20-13-26-25(27-14-20)28(15-18-7-9-21(30-3)11-23(18)32-5)16-19-8-10-22(31-4)12-24(19)33-6/h7-14,17H,15-16H2,1-6H3. The number of hydrogen-bond acceptors (Lipinski definition) is 8. The minimum atomic E-state index is -0.0872. The monoisotopic (exact) mass is 453 g/mol. The Morgan fingerprint density at radius 2 is 1.21 bits per heavy atom. The Labute approximate surface area is 195 Å². The first-order valence-corrected chi connectivity index (χ1v) is 10.5. The molecule has 0 fully saturated rings. The summed E-state index contributed by atoms with van der Waals surface area (Å²) in [7, 11) is 8.22. The maximum Gasteiger partial charge on any atom is 0.225 e. The third kappa shape index (κ3) is 5.84. The van der Waals surface area contributed by atoms with Crippen molar-refractivity contribution in [3.05, 3.63) is 65.5 Å². The van der Waals surface area contributed by atoms with E-state index in [4.69, 9.17) is 23.7 Å². The van der Waals surface area contributed by atoms with Crippen LogP contribution < -0.4 is 23.8 Å². The second-order valence-electron chi connectivity index (χ2n) is 7.41. The van der Waals surface area contributed by atoms with E-state index >= 15 is 0 Å². The van der Waals surface area contributed by atoms with Crippen LogP contribution in [0.3, 0.4) is 0 Å². The van der Waals surface area contributed by atoms with Gasteiger partial charge in [-0.05, 0) is 31.2 Å². The maximum atomic E-state index is 5.61. The van der Waals surface area contributed by atoms with Gasteiger partial charge in [-0.2, -0.15) is 0 Å². The second-order valence-corrected chi connectivity index (χ2v) is 7.41. The number of benzene rings is 2. The lowest BCUT2D eigenvalue weighted by Crippen LogP contribution is -2.25. The van der Waals surface area contributed by atoms with E-state index in [1.807, 2.05) is 43.3 Å². The van der Waals surface area contributed by atoms with Crippen molar-refractivity contribution in [2.24, 2.45) is 0 Å². The summed E-state index contributed by atoms with van der Waals surface area (Å²) < 4.78 is 27.3. The quantitative estimate of drug-likeness (QED) is 0.422. The molecule has 3 rings (SSSR count). The highest BCUT2D eigenvalue weighted by molar-refractivity contribution is 5.47. The van der Waals surface area contributed by atoms with Crippen molar-refractivity contribution in [3.63, 3.8) is 0 Å². The van der Waals surface area contributed by atoms with Gasteiger partial charge < -0.3 is 28.6 Å². The lowest BCUT2D eigenvalue weighted by Gasteiger charge is -2.25. The fraction of sp³-hybridized carbons (Fsp3) is 0.360. The van der Waals surface area contributed by atoms with Crippen molar-refractivity contribution in [1.82, 2.24) is 9.97 Å². The van der Waals surface area contributed by atoms with Crippen molar-refractivity contribution in [2.45, 2.75) is 26.1 Å². The van der Waals surface area contributed by atoms with Gasteiger partial charge in [-0.3, -0.25) is 0 Å². The average molecular weight is 454 g/mol. The summed E-state index contributed by atoms with van der Waals surface area (Å²) in [6.07, 6.45) is 3.50. The molecule has 1 atom stereocenters. The van der Waals surface area contributed by atoms with Crippen LogP contribution in [0, 0.1) is 0 Å². The minimum Gasteiger partial charge on any atom is -0.497 e. The van der Waals surface area contributed by atoms with Gasteiger partial charge in [0, 0.05) is 61.4 Å². The molecule has 0 aliphatic carbocycles. The molecule has 2 aromatic carbocycles. The van der Waals surface area contributed by atoms with Crippen molar-refractivity contribution < 1.29 is 23.7 Å². The molecular weight excluding hydrogens is 422 g/mol. The van der Waals surface area contributed by atoms with Crippen LogP contribution in [0.5, 0.6) is 23.0 Å². The number of anilines is 1. The molecule has 3 aromatic rings. The van der Waals surface area contributed by atoms with Crippen LogP contribution in [0.2, 0.25) is 0 Å². The van der Waals surface area contributed by atoms with Crippen LogP contribution in [0.4, 0.5) is 5.95 Å². The molecule has 1 heterocycles. The third-order valence-corrected chi connectivity index (χ3v) is 5.47. The highest BCUT2D eigenvalue weighted by Crippen LogP contribution is 2.30. The predicted octanol–water partition coefficient (Wildman–Crippen LogP) is 4.43. The molecule has 0 aliphatic heterocycles. The summed E-state index contributed by atoms with van der Waals surface area (Å²) in [5, 5.41) is 0. The molecule has 0 saturated heterocycles. The summed E-state index contributed by atoms with van der Waals surface area (Å²) >= 11 is 0. The summed E-state index contributed by atoms with van der Waals surface area (Å²) in [5.74, 6) is 3.50. The maximum absolute atomic E-state index is 5.61. The lowest BCUT2D eigenvalue weighted by atomic mass is 10.1. The fourth-order valence-electron chi connectivity index (χ4n) is 3.41. The molecule has 8 nitrogen and oxygen atoms in total. The molecule has 33 heavy (non-hydrogen) atoms. The molecule has 8 heteroatoms.